The Morgan fingerprint density at radius 1 is 1.30 bits per heavy atom. The van der Waals surface area contributed by atoms with Crippen LogP contribution in [0.4, 0.5) is 0 Å². The minimum absolute atomic E-state index is 0.0837. The molecule has 1 aliphatic carbocycles. The molecule has 0 bridgehead atoms. The molecule has 0 N–H and O–H groups in total. The van der Waals surface area contributed by atoms with E-state index in [4.69, 9.17) is 0 Å². The van der Waals surface area contributed by atoms with Crippen molar-refractivity contribution in [2.75, 3.05) is 0 Å². The van der Waals surface area contributed by atoms with Gasteiger partial charge in [-0.05, 0) is 38.3 Å². The molecule has 0 amide bonds. The summed E-state index contributed by atoms with van der Waals surface area (Å²) in [6.45, 7) is 4.22. The van der Waals surface area contributed by atoms with Gasteiger partial charge in [0.15, 0.2) is 5.78 Å². The fraction of sp³-hybridized carbons (Fsp3) is 0.412. The van der Waals surface area contributed by atoms with Crippen molar-refractivity contribution >= 4 is 5.78 Å². The summed E-state index contributed by atoms with van der Waals surface area (Å²) in [5.41, 5.74) is 3.13. The van der Waals surface area contributed by atoms with Crippen LogP contribution in [0.25, 0.3) is 0 Å². The molecule has 1 unspecified atom stereocenters. The molecule has 1 atom stereocenters. The lowest BCUT2D eigenvalue weighted by atomic mass is 9.80. The number of aromatic nitrogens is 2. The van der Waals surface area contributed by atoms with Crippen molar-refractivity contribution in [3.8, 4) is 0 Å². The molecular formula is C17H20N2O. The molecule has 1 aromatic heterocycles. The van der Waals surface area contributed by atoms with Gasteiger partial charge in [-0.1, -0.05) is 24.3 Å². The molecule has 3 heteroatoms. The third-order valence-electron chi connectivity index (χ3n) is 4.06. The average molecular weight is 268 g/mol. The van der Waals surface area contributed by atoms with Crippen molar-refractivity contribution in [3.05, 3.63) is 53.3 Å². The number of hydrogen-bond acceptors (Lipinski definition) is 2. The van der Waals surface area contributed by atoms with Gasteiger partial charge in [0.25, 0.3) is 0 Å². The lowest BCUT2D eigenvalue weighted by Gasteiger charge is -2.22. The zero-order valence-corrected chi connectivity index (χ0v) is 12.0. The van der Waals surface area contributed by atoms with Crippen LogP contribution in [0.15, 0.2) is 36.5 Å². The fourth-order valence-electron chi connectivity index (χ4n) is 2.88. The largest absolute Gasteiger partial charge is 0.294 e. The fourth-order valence-corrected chi connectivity index (χ4v) is 2.88. The maximum atomic E-state index is 12.5. The quantitative estimate of drug-likeness (QED) is 0.854. The lowest BCUT2D eigenvalue weighted by molar-refractivity contribution is 0.0900. The van der Waals surface area contributed by atoms with Crippen molar-refractivity contribution in [2.45, 2.75) is 39.2 Å². The minimum Gasteiger partial charge on any atom is -0.294 e. The molecule has 20 heavy (non-hydrogen) atoms. The molecule has 1 aliphatic rings. The van der Waals surface area contributed by atoms with E-state index < -0.39 is 0 Å². The highest BCUT2D eigenvalue weighted by Crippen LogP contribution is 2.27. The van der Waals surface area contributed by atoms with Gasteiger partial charge in [0.1, 0.15) is 0 Å². The number of hydrogen-bond donors (Lipinski definition) is 0. The SMILES string of the molecule is CC(C)n1ccc(CC2CCc3ccccc3C2=O)n1. The van der Waals surface area contributed by atoms with Gasteiger partial charge in [-0.3, -0.25) is 9.48 Å². The Bertz CT molecular complexity index is 627. The van der Waals surface area contributed by atoms with E-state index in [-0.39, 0.29) is 11.7 Å². The van der Waals surface area contributed by atoms with E-state index in [0.717, 1.165) is 30.5 Å². The average Bonchev–Trinajstić information content (AvgIpc) is 2.91. The van der Waals surface area contributed by atoms with Gasteiger partial charge < -0.3 is 0 Å². The third kappa shape index (κ3) is 2.40. The Morgan fingerprint density at radius 2 is 2.10 bits per heavy atom. The predicted molar refractivity (Wildman–Crippen MR) is 78.9 cm³/mol. The predicted octanol–water partition coefficient (Wildman–Crippen LogP) is 3.45. The molecule has 3 nitrogen and oxygen atoms in total. The normalized spacial score (nSPS) is 18.4. The number of fused-ring (bicyclic) bond motifs is 1. The summed E-state index contributed by atoms with van der Waals surface area (Å²) in [7, 11) is 0. The standard InChI is InChI=1S/C17H20N2O/c1-12(2)19-10-9-15(18-19)11-14-8-7-13-5-3-4-6-16(13)17(14)20/h3-6,9-10,12,14H,7-8,11H2,1-2H3. The van der Waals surface area contributed by atoms with E-state index in [0.29, 0.717) is 6.04 Å². The maximum Gasteiger partial charge on any atom is 0.166 e. The summed E-state index contributed by atoms with van der Waals surface area (Å²) < 4.78 is 1.95. The first kappa shape index (κ1) is 13.1. The van der Waals surface area contributed by atoms with Crippen LogP contribution in [-0.4, -0.2) is 15.6 Å². The van der Waals surface area contributed by atoms with Crippen molar-refractivity contribution in [1.29, 1.82) is 0 Å². The molecule has 0 fully saturated rings. The van der Waals surface area contributed by atoms with Gasteiger partial charge in [-0.2, -0.15) is 5.10 Å². The molecule has 0 radical (unpaired) electrons. The topological polar surface area (TPSA) is 34.9 Å². The first-order valence-corrected chi connectivity index (χ1v) is 7.31. The molecule has 3 rings (SSSR count). The molecule has 2 aromatic rings. The Balaban J connectivity index is 1.77. The summed E-state index contributed by atoms with van der Waals surface area (Å²) in [6.07, 6.45) is 4.69. The number of carbonyl (C=O) groups is 1. The van der Waals surface area contributed by atoms with Crippen LogP contribution in [0.1, 0.15) is 47.9 Å². The van der Waals surface area contributed by atoms with E-state index in [1.54, 1.807) is 0 Å². The summed E-state index contributed by atoms with van der Waals surface area (Å²) in [6, 6.07) is 10.4. The molecule has 1 heterocycles. The first-order chi connectivity index (χ1) is 9.65. The number of aryl methyl sites for hydroxylation is 1. The monoisotopic (exact) mass is 268 g/mol. The summed E-state index contributed by atoms with van der Waals surface area (Å²) in [5, 5.41) is 4.56. The second kappa shape index (κ2) is 5.23. The summed E-state index contributed by atoms with van der Waals surface area (Å²) in [4.78, 5) is 12.5. The van der Waals surface area contributed by atoms with Crippen molar-refractivity contribution in [2.24, 2.45) is 5.92 Å². The van der Waals surface area contributed by atoms with Crippen LogP contribution in [0.2, 0.25) is 0 Å². The Morgan fingerprint density at radius 3 is 2.85 bits per heavy atom. The molecule has 0 aliphatic heterocycles. The number of nitrogens with zero attached hydrogens (tertiary/aromatic N) is 2. The van der Waals surface area contributed by atoms with Crippen LogP contribution < -0.4 is 0 Å². The molecule has 1 aromatic carbocycles. The Kier molecular flexibility index (Phi) is 3.43. The third-order valence-corrected chi connectivity index (χ3v) is 4.06. The molecule has 0 saturated heterocycles. The smallest absolute Gasteiger partial charge is 0.166 e. The zero-order chi connectivity index (χ0) is 14.1. The van der Waals surface area contributed by atoms with Gasteiger partial charge in [0.2, 0.25) is 0 Å². The van der Waals surface area contributed by atoms with Crippen LogP contribution in [0.5, 0.6) is 0 Å². The van der Waals surface area contributed by atoms with E-state index in [1.807, 2.05) is 35.1 Å². The highest BCUT2D eigenvalue weighted by molar-refractivity contribution is 6.00. The van der Waals surface area contributed by atoms with Gasteiger partial charge in [0.05, 0.1) is 5.69 Å². The second-order valence-electron chi connectivity index (χ2n) is 5.84. The van der Waals surface area contributed by atoms with E-state index in [9.17, 15) is 4.79 Å². The van der Waals surface area contributed by atoms with Crippen molar-refractivity contribution in [1.82, 2.24) is 9.78 Å². The number of carbonyl (C=O) groups excluding carboxylic acids is 1. The lowest BCUT2D eigenvalue weighted by Crippen LogP contribution is -2.24. The maximum absolute atomic E-state index is 12.5. The highest BCUT2D eigenvalue weighted by Gasteiger charge is 2.27. The van der Waals surface area contributed by atoms with Gasteiger partial charge in [0, 0.05) is 30.1 Å². The van der Waals surface area contributed by atoms with Crippen molar-refractivity contribution in [3.63, 3.8) is 0 Å². The van der Waals surface area contributed by atoms with E-state index >= 15 is 0 Å². The van der Waals surface area contributed by atoms with E-state index in [1.165, 1.54) is 5.56 Å². The van der Waals surface area contributed by atoms with E-state index in [2.05, 4.69) is 25.0 Å². The van der Waals surface area contributed by atoms with Crippen LogP contribution in [-0.2, 0) is 12.8 Å². The Hall–Kier alpha value is -1.90. The van der Waals surface area contributed by atoms with Gasteiger partial charge >= 0.3 is 0 Å². The van der Waals surface area contributed by atoms with Crippen LogP contribution in [0, 0.1) is 5.92 Å². The number of benzene rings is 1. The zero-order valence-electron chi connectivity index (χ0n) is 12.0. The number of rotatable bonds is 3. The first-order valence-electron chi connectivity index (χ1n) is 7.31. The molecule has 0 spiro atoms. The van der Waals surface area contributed by atoms with Gasteiger partial charge in [-0.25, -0.2) is 0 Å². The molecule has 104 valence electrons. The Labute approximate surface area is 119 Å². The number of Topliss-reactive ketones (excluding diaryl/α,β-unsaturated/α-hetero) is 1. The van der Waals surface area contributed by atoms with Crippen LogP contribution >= 0.6 is 0 Å². The highest BCUT2D eigenvalue weighted by atomic mass is 16.1. The summed E-state index contributed by atoms with van der Waals surface area (Å²) in [5.74, 6) is 0.367. The van der Waals surface area contributed by atoms with Gasteiger partial charge in [-0.15, -0.1) is 0 Å². The minimum atomic E-state index is 0.0837. The number of ketones is 1. The second-order valence-corrected chi connectivity index (χ2v) is 5.84. The molecule has 0 saturated carbocycles. The van der Waals surface area contributed by atoms with Crippen LogP contribution in [0.3, 0.4) is 0 Å². The van der Waals surface area contributed by atoms with Crippen molar-refractivity contribution < 1.29 is 4.79 Å². The summed E-state index contributed by atoms with van der Waals surface area (Å²) >= 11 is 0. The molecular weight excluding hydrogens is 248 g/mol.